The lowest BCUT2D eigenvalue weighted by Gasteiger charge is -2.26. The maximum atomic E-state index is 13.0. The molecule has 0 atom stereocenters. The molecule has 0 spiro atoms. The molecule has 0 unspecified atom stereocenters. The first-order valence-electron chi connectivity index (χ1n) is 9.65. The number of benzene rings is 3. The van der Waals surface area contributed by atoms with Crippen LogP contribution in [0.3, 0.4) is 0 Å². The molecule has 6 nitrogen and oxygen atoms in total. The van der Waals surface area contributed by atoms with Gasteiger partial charge in [0, 0.05) is 5.02 Å². The van der Waals surface area contributed by atoms with Crippen LogP contribution in [0.15, 0.2) is 76.8 Å². The van der Waals surface area contributed by atoms with E-state index in [1.165, 1.54) is 30.3 Å². The zero-order valence-corrected chi connectivity index (χ0v) is 19.2. The van der Waals surface area contributed by atoms with Gasteiger partial charge >= 0.3 is 6.03 Å². The minimum atomic E-state index is -0.838. The number of anilines is 1. The summed E-state index contributed by atoms with van der Waals surface area (Å²) in [5.74, 6) is -1.34. The molecule has 4 amide bonds. The highest BCUT2D eigenvalue weighted by atomic mass is 79.9. The molecule has 9 heteroatoms. The van der Waals surface area contributed by atoms with Crippen LogP contribution in [0.2, 0.25) is 5.02 Å². The number of hydrogen-bond acceptors (Lipinski definition) is 4. The van der Waals surface area contributed by atoms with Gasteiger partial charge in [-0.1, -0.05) is 29.8 Å². The van der Waals surface area contributed by atoms with Crippen molar-refractivity contribution in [2.24, 2.45) is 0 Å². The summed E-state index contributed by atoms with van der Waals surface area (Å²) in [4.78, 5) is 38.5. The monoisotopic (exact) mass is 528 g/mol. The Morgan fingerprint density at radius 1 is 1.00 bits per heavy atom. The van der Waals surface area contributed by atoms with Crippen molar-refractivity contribution in [2.75, 3.05) is 4.90 Å². The van der Waals surface area contributed by atoms with Crippen LogP contribution >= 0.6 is 27.5 Å². The second-order valence-electron chi connectivity index (χ2n) is 7.04. The van der Waals surface area contributed by atoms with Gasteiger partial charge in [-0.25, -0.2) is 14.1 Å². The molecule has 1 aliphatic rings. The molecule has 33 heavy (non-hydrogen) atoms. The first kappa shape index (κ1) is 22.7. The summed E-state index contributed by atoms with van der Waals surface area (Å²) in [7, 11) is 0. The second-order valence-corrected chi connectivity index (χ2v) is 8.33. The van der Waals surface area contributed by atoms with E-state index < -0.39 is 17.8 Å². The zero-order chi connectivity index (χ0) is 23.5. The van der Waals surface area contributed by atoms with Crippen molar-refractivity contribution < 1.29 is 23.5 Å². The summed E-state index contributed by atoms with van der Waals surface area (Å²) >= 11 is 9.29. The van der Waals surface area contributed by atoms with Crippen molar-refractivity contribution in [1.82, 2.24) is 5.32 Å². The van der Waals surface area contributed by atoms with Crippen LogP contribution in [-0.4, -0.2) is 17.8 Å². The fraction of sp³-hybridized carbons (Fsp3) is 0.0417. The van der Waals surface area contributed by atoms with Crippen LogP contribution in [-0.2, 0) is 16.2 Å². The Bertz CT molecular complexity index is 1280. The Balaban J connectivity index is 1.55. The average Bonchev–Trinajstić information content (AvgIpc) is 2.78. The third-order valence-corrected chi connectivity index (χ3v) is 5.63. The molecule has 3 aromatic carbocycles. The third-order valence-electron chi connectivity index (χ3n) is 4.76. The van der Waals surface area contributed by atoms with Crippen LogP contribution in [0.25, 0.3) is 6.08 Å². The molecule has 1 saturated heterocycles. The Kier molecular flexibility index (Phi) is 6.57. The molecule has 4 rings (SSSR count). The van der Waals surface area contributed by atoms with Gasteiger partial charge in [-0.15, -0.1) is 0 Å². The van der Waals surface area contributed by atoms with Crippen LogP contribution in [0.1, 0.15) is 11.1 Å². The van der Waals surface area contributed by atoms with Gasteiger partial charge in [0.25, 0.3) is 11.8 Å². The van der Waals surface area contributed by atoms with E-state index in [0.29, 0.717) is 20.8 Å². The SMILES string of the molecule is O=C1NC(=O)N(c2ccc(Cl)cc2)C(=O)C1=Cc1ccc(OCc2ccc(F)cc2)c(Br)c1. The predicted molar refractivity (Wildman–Crippen MR) is 125 cm³/mol. The van der Waals surface area contributed by atoms with Gasteiger partial charge in [0.1, 0.15) is 23.7 Å². The Morgan fingerprint density at radius 2 is 1.70 bits per heavy atom. The number of hydrogen-bond donors (Lipinski definition) is 1. The van der Waals surface area contributed by atoms with Crippen molar-refractivity contribution in [3.63, 3.8) is 0 Å². The number of barbiturate groups is 1. The van der Waals surface area contributed by atoms with Crippen LogP contribution < -0.4 is 15.0 Å². The summed E-state index contributed by atoms with van der Waals surface area (Å²) < 4.78 is 19.4. The normalized spacial score (nSPS) is 15.1. The minimum Gasteiger partial charge on any atom is -0.488 e. The number of carbonyl (C=O) groups excluding carboxylic acids is 3. The fourth-order valence-corrected chi connectivity index (χ4v) is 3.75. The van der Waals surface area contributed by atoms with Crippen molar-refractivity contribution in [1.29, 1.82) is 0 Å². The molecule has 1 fully saturated rings. The van der Waals surface area contributed by atoms with Crippen molar-refractivity contribution >= 4 is 57.1 Å². The molecule has 0 bridgehead atoms. The van der Waals surface area contributed by atoms with Gasteiger partial charge in [-0.3, -0.25) is 14.9 Å². The van der Waals surface area contributed by atoms with E-state index >= 15 is 0 Å². The van der Waals surface area contributed by atoms with Gasteiger partial charge < -0.3 is 4.74 Å². The lowest BCUT2D eigenvalue weighted by molar-refractivity contribution is -0.122. The number of ether oxygens (including phenoxy) is 1. The number of nitrogens with zero attached hydrogens (tertiary/aromatic N) is 1. The molecule has 0 aliphatic carbocycles. The smallest absolute Gasteiger partial charge is 0.335 e. The molecule has 0 saturated carbocycles. The second kappa shape index (κ2) is 9.56. The molecular weight excluding hydrogens is 515 g/mol. The van der Waals surface area contributed by atoms with Gasteiger partial charge in [-0.05, 0) is 81.7 Å². The molecule has 1 N–H and O–H groups in total. The van der Waals surface area contributed by atoms with E-state index in [1.54, 1.807) is 42.5 Å². The lowest BCUT2D eigenvalue weighted by Crippen LogP contribution is -2.54. The zero-order valence-electron chi connectivity index (χ0n) is 16.8. The van der Waals surface area contributed by atoms with Crippen LogP contribution in [0.4, 0.5) is 14.9 Å². The highest BCUT2D eigenvalue weighted by Gasteiger charge is 2.36. The number of imide groups is 2. The van der Waals surface area contributed by atoms with Crippen molar-refractivity contribution in [3.05, 3.63) is 98.7 Å². The van der Waals surface area contributed by atoms with Crippen LogP contribution in [0, 0.1) is 5.82 Å². The van der Waals surface area contributed by atoms with Gasteiger partial charge in [0.15, 0.2) is 0 Å². The Morgan fingerprint density at radius 3 is 2.36 bits per heavy atom. The van der Waals surface area contributed by atoms with Gasteiger partial charge in [0.2, 0.25) is 0 Å². The van der Waals surface area contributed by atoms with Crippen molar-refractivity contribution in [2.45, 2.75) is 6.61 Å². The van der Waals surface area contributed by atoms with Gasteiger partial charge in [0.05, 0.1) is 10.2 Å². The van der Waals surface area contributed by atoms with E-state index in [-0.39, 0.29) is 23.7 Å². The lowest BCUT2D eigenvalue weighted by atomic mass is 10.1. The van der Waals surface area contributed by atoms with E-state index in [2.05, 4.69) is 21.2 Å². The predicted octanol–water partition coefficient (Wildman–Crippen LogP) is 5.49. The molecule has 1 aliphatic heterocycles. The summed E-state index contributed by atoms with van der Waals surface area (Å²) in [6.45, 7) is 0.234. The molecule has 1 heterocycles. The summed E-state index contributed by atoms with van der Waals surface area (Å²) in [5.41, 5.74) is 1.42. The number of nitrogens with one attached hydrogen (secondary N) is 1. The number of carbonyl (C=O) groups is 3. The van der Waals surface area contributed by atoms with E-state index in [0.717, 1.165) is 10.5 Å². The highest BCUT2D eigenvalue weighted by Crippen LogP contribution is 2.29. The summed E-state index contributed by atoms with van der Waals surface area (Å²) in [5, 5.41) is 2.62. The first-order valence-corrected chi connectivity index (χ1v) is 10.8. The van der Waals surface area contributed by atoms with Gasteiger partial charge in [-0.2, -0.15) is 0 Å². The van der Waals surface area contributed by atoms with Crippen molar-refractivity contribution in [3.8, 4) is 5.75 Å². The topological polar surface area (TPSA) is 75.7 Å². The Labute approximate surface area is 201 Å². The van der Waals surface area contributed by atoms with E-state index in [1.807, 2.05) is 0 Å². The number of urea groups is 1. The largest absolute Gasteiger partial charge is 0.488 e. The van der Waals surface area contributed by atoms with E-state index in [4.69, 9.17) is 16.3 Å². The molecule has 166 valence electrons. The maximum absolute atomic E-state index is 13.0. The maximum Gasteiger partial charge on any atom is 0.335 e. The molecule has 3 aromatic rings. The van der Waals surface area contributed by atoms with E-state index in [9.17, 15) is 18.8 Å². The number of amides is 4. The fourth-order valence-electron chi connectivity index (χ4n) is 3.11. The highest BCUT2D eigenvalue weighted by molar-refractivity contribution is 9.10. The minimum absolute atomic E-state index is 0.198. The first-order chi connectivity index (χ1) is 15.8. The number of rotatable bonds is 5. The van der Waals surface area contributed by atoms with Crippen LogP contribution in [0.5, 0.6) is 5.75 Å². The standard InChI is InChI=1S/C24H15BrClFN2O4/c25-20-12-15(3-10-21(20)33-13-14-1-6-17(27)7-2-14)11-19-22(30)28-24(32)29(23(19)31)18-8-4-16(26)5-9-18/h1-12H,13H2,(H,28,30,32). The Hall–Kier alpha value is -3.49. The molecule has 0 radical (unpaired) electrons. The summed E-state index contributed by atoms with van der Waals surface area (Å²) in [6, 6.07) is 16.2. The number of halogens is 3. The average molecular weight is 530 g/mol. The molecule has 0 aromatic heterocycles. The molecular formula is C24H15BrClFN2O4. The summed E-state index contributed by atoms with van der Waals surface area (Å²) in [6.07, 6.45) is 1.39. The quantitative estimate of drug-likeness (QED) is 0.350. The third kappa shape index (κ3) is 5.13.